The van der Waals surface area contributed by atoms with E-state index in [1.54, 1.807) is 19.2 Å². The topological polar surface area (TPSA) is 79.8 Å². The summed E-state index contributed by atoms with van der Waals surface area (Å²) < 4.78 is 28.3. The van der Waals surface area contributed by atoms with Crippen molar-refractivity contribution in [2.24, 2.45) is 4.99 Å². The van der Waals surface area contributed by atoms with Crippen LogP contribution in [0.2, 0.25) is 0 Å². The van der Waals surface area contributed by atoms with Crippen LogP contribution in [-0.2, 0) is 22.8 Å². The Bertz CT molecular complexity index is 913. The quantitative estimate of drug-likeness (QED) is 0.311. The van der Waals surface area contributed by atoms with E-state index in [4.69, 9.17) is 4.74 Å². The maximum Gasteiger partial charge on any atom is 0.191 e. The van der Waals surface area contributed by atoms with Gasteiger partial charge in [-0.25, -0.2) is 13.4 Å². The van der Waals surface area contributed by atoms with Gasteiger partial charge >= 0.3 is 0 Å². The van der Waals surface area contributed by atoms with E-state index in [1.165, 1.54) is 6.26 Å². The molecule has 6 nitrogen and oxygen atoms in total. The lowest BCUT2D eigenvalue weighted by molar-refractivity contribution is 0.411. The van der Waals surface area contributed by atoms with Gasteiger partial charge in [0.1, 0.15) is 5.75 Å². The van der Waals surface area contributed by atoms with Gasteiger partial charge in [-0.2, -0.15) is 0 Å². The second-order valence-corrected chi connectivity index (χ2v) is 8.61. The Hall–Kier alpha value is -1.81. The summed E-state index contributed by atoms with van der Waals surface area (Å²) >= 11 is 0. The minimum Gasteiger partial charge on any atom is -0.496 e. The Morgan fingerprint density at radius 1 is 1.07 bits per heavy atom. The highest BCUT2D eigenvalue weighted by atomic mass is 127. The molecule has 0 radical (unpaired) electrons. The van der Waals surface area contributed by atoms with E-state index in [0.29, 0.717) is 18.0 Å². The molecule has 0 atom stereocenters. The van der Waals surface area contributed by atoms with Gasteiger partial charge < -0.3 is 15.4 Å². The summed E-state index contributed by atoms with van der Waals surface area (Å²) in [6.07, 6.45) is 1.99. The molecule has 0 fully saturated rings. The Labute approximate surface area is 191 Å². The average molecular weight is 531 g/mol. The summed E-state index contributed by atoms with van der Waals surface area (Å²) in [5.74, 6) is 1.63. The lowest BCUT2D eigenvalue weighted by Gasteiger charge is -2.12. The molecule has 8 heteroatoms. The van der Waals surface area contributed by atoms with Crippen LogP contribution in [0.5, 0.6) is 5.75 Å². The van der Waals surface area contributed by atoms with Gasteiger partial charge in [-0.3, -0.25) is 0 Å². The third-order valence-electron chi connectivity index (χ3n) is 4.28. The van der Waals surface area contributed by atoms with Crippen LogP contribution in [0.15, 0.2) is 52.4 Å². The number of hydrogen-bond donors (Lipinski definition) is 2. The molecule has 29 heavy (non-hydrogen) atoms. The normalized spacial score (nSPS) is 11.5. The molecule has 0 unspecified atom stereocenters. The fraction of sp³-hybridized carbons (Fsp3) is 0.381. The number of nitrogens with zero attached hydrogens (tertiary/aromatic N) is 1. The second kappa shape index (κ2) is 12.0. The van der Waals surface area contributed by atoms with Gasteiger partial charge in [0, 0.05) is 19.3 Å². The van der Waals surface area contributed by atoms with Gasteiger partial charge in [0.15, 0.2) is 15.8 Å². The molecular weight excluding hydrogens is 501 g/mol. The molecule has 0 aromatic heterocycles. The molecule has 0 bridgehead atoms. The SMILES string of the molecule is CCNC(=NCc1ccc(OC)c(C)c1)NCCc1ccc(S(C)(=O)=O)cc1.I. The zero-order chi connectivity index (χ0) is 20.6. The van der Waals surface area contributed by atoms with Gasteiger partial charge in [0.05, 0.1) is 18.6 Å². The number of halogens is 1. The smallest absolute Gasteiger partial charge is 0.191 e. The molecule has 160 valence electrons. The highest BCUT2D eigenvalue weighted by molar-refractivity contribution is 14.0. The molecule has 0 aliphatic rings. The van der Waals surface area contributed by atoms with Crippen LogP contribution >= 0.6 is 24.0 Å². The fourth-order valence-corrected chi connectivity index (χ4v) is 3.41. The Kier molecular flexibility index (Phi) is 10.5. The summed E-state index contributed by atoms with van der Waals surface area (Å²) in [6.45, 7) is 6.09. The fourth-order valence-electron chi connectivity index (χ4n) is 2.78. The first kappa shape index (κ1) is 25.2. The number of guanidine groups is 1. The summed E-state index contributed by atoms with van der Waals surface area (Å²) in [4.78, 5) is 4.97. The van der Waals surface area contributed by atoms with E-state index in [1.807, 2.05) is 38.1 Å². The summed E-state index contributed by atoms with van der Waals surface area (Å²) in [5, 5.41) is 6.56. The number of ether oxygens (including phenoxy) is 1. The van der Waals surface area contributed by atoms with Crippen molar-refractivity contribution in [2.45, 2.75) is 31.7 Å². The van der Waals surface area contributed by atoms with Crippen LogP contribution in [0, 0.1) is 6.92 Å². The molecule has 0 saturated carbocycles. The first-order valence-corrected chi connectivity index (χ1v) is 11.2. The molecule has 2 rings (SSSR count). The first-order chi connectivity index (χ1) is 13.3. The van der Waals surface area contributed by atoms with Crippen molar-refractivity contribution in [3.05, 3.63) is 59.2 Å². The lowest BCUT2D eigenvalue weighted by Crippen LogP contribution is -2.38. The maximum absolute atomic E-state index is 11.5. The number of rotatable bonds is 8. The predicted molar refractivity (Wildman–Crippen MR) is 129 cm³/mol. The summed E-state index contributed by atoms with van der Waals surface area (Å²) in [5.41, 5.74) is 3.28. The third-order valence-corrected chi connectivity index (χ3v) is 5.41. The zero-order valence-corrected chi connectivity index (χ0v) is 20.5. The molecule has 2 aromatic carbocycles. The van der Waals surface area contributed by atoms with E-state index in [2.05, 4.69) is 21.7 Å². The molecule has 0 saturated heterocycles. The Morgan fingerprint density at radius 2 is 1.72 bits per heavy atom. The first-order valence-electron chi connectivity index (χ1n) is 9.28. The van der Waals surface area contributed by atoms with E-state index < -0.39 is 9.84 Å². The van der Waals surface area contributed by atoms with Crippen molar-refractivity contribution < 1.29 is 13.2 Å². The van der Waals surface area contributed by atoms with E-state index in [-0.39, 0.29) is 24.0 Å². The molecular formula is C21H30IN3O3S. The van der Waals surface area contributed by atoms with Crippen molar-refractivity contribution in [2.75, 3.05) is 26.5 Å². The number of hydrogen-bond acceptors (Lipinski definition) is 4. The van der Waals surface area contributed by atoms with Crippen molar-refractivity contribution in [1.82, 2.24) is 10.6 Å². The van der Waals surface area contributed by atoms with Crippen molar-refractivity contribution in [3.8, 4) is 5.75 Å². The minimum absolute atomic E-state index is 0. The molecule has 0 spiro atoms. The average Bonchev–Trinajstić information content (AvgIpc) is 2.66. The van der Waals surface area contributed by atoms with Crippen molar-refractivity contribution in [3.63, 3.8) is 0 Å². The minimum atomic E-state index is -3.15. The Balaban J connectivity index is 0.00000420. The van der Waals surface area contributed by atoms with Crippen LogP contribution < -0.4 is 15.4 Å². The number of methoxy groups -OCH3 is 1. The summed E-state index contributed by atoms with van der Waals surface area (Å²) in [6, 6.07) is 13.1. The standard InChI is InChI=1S/C21H29N3O3S.HI/c1-5-22-21(24-15-18-8-11-20(27-3)16(2)14-18)23-13-12-17-6-9-19(10-7-17)28(4,25)26;/h6-11,14H,5,12-13,15H2,1-4H3,(H2,22,23,24);1H. The number of sulfone groups is 1. The molecule has 0 heterocycles. The van der Waals surface area contributed by atoms with Gasteiger partial charge in [-0.1, -0.05) is 24.3 Å². The van der Waals surface area contributed by atoms with Gasteiger partial charge in [0.25, 0.3) is 0 Å². The van der Waals surface area contributed by atoms with Crippen molar-refractivity contribution >= 4 is 39.8 Å². The zero-order valence-electron chi connectivity index (χ0n) is 17.4. The van der Waals surface area contributed by atoms with Crippen molar-refractivity contribution in [1.29, 1.82) is 0 Å². The largest absolute Gasteiger partial charge is 0.496 e. The van der Waals surface area contributed by atoms with Crippen LogP contribution in [0.3, 0.4) is 0 Å². The maximum atomic E-state index is 11.5. The molecule has 2 aromatic rings. The van der Waals surface area contributed by atoms with Gasteiger partial charge in [-0.05, 0) is 55.2 Å². The number of benzene rings is 2. The number of aliphatic imine (C=N–C) groups is 1. The number of nitrogens with one attached hydrogen (secondary N) is 2. The molecule has 2 N–H and O–H groups in total. The second-order valence-electron chi connectivity index (χ2n) is 6.59. The van der Waals surface area contributed by atoms with Crippen LogP contribution in [-0.4, -0.2) is 40.8 Å². The molecule has 0 amide bonds. The molecule has 0 aliphatic heterocycles. The predicted octanol–water partition coefficient (Wildman–Crippen LogP) is 3.32. The third kappa shape index (κ3) is 8.22. The molecule has 0 aliphatic carbocycles. The van der Waals surface area contributed by atoms with Gasteiger partial charge in [0.2, 0.25) is 0 Å². The Morgan fingerprint density at radius 3 is 2.28 bits per heavy atom. The monoisotopic (exact) mass is 531 g/mol. The van der Waals surface area contributed by atoms with Crippen LogP contribution in [0.1, 0.15) is 23.6 Å². The van der Waals surface area contributed by atoms with Crippen LogP contribution in [0.25, 0.3) is 0 Å². The van der Waals surface area contributed by atoms with E-state index >= 15 is 0 Å². The highest BCUT2D eigenvalue weighted by Gasteiger charge is 2.06. The lowest BCUT2D eigenvalue weighted by atomic mass is 10.1. The highest BCUT2D eigenvalue weighted by Crippen LogP contribution is 2.18. The van der Waals surface area contributed by atoms with E-state index in [9.17, 15) is 8.42 Å². The summed E-state index contributed by atoms with van der Waals surface area (Å²) in [7, 11) is -1.49. The van der Waals surface area contributed by atoms with Crippen LogP contribution in [0.4, 0.5) is 0 Å². The van der Waals surface area contributed by atoms with E-state index in [0.717, 1.165) is 41.4 Å². The number of aryl methyl sites for hydroxylation is 1. The van der Waals surface area contributed by atoms with Gasteiger partial charge in [-0.15, -0.1) is 24.0 Å².